The van der Waals surface area contributed by atoms with E-state index in [4.69, 9.17) is 9.15 Å². The van der Waals surface area contributed by atoms with Gasteiger partial charge in [-0.25, -0.2) is 0 Å². The Hall–Kier alpha value is -2.50. The average molecular weight is 346 g/mol. The normalized spacial score (nSPS) is 11.4. The zero-order chi connectivity index (χ0) is 18.8. The van der Waals surface area contributed by atoms with Gasteiger partial charge in [-0.2, -0.15) is 0 Å². The predicted molar refractivity (Wildman–Crippen MR) is 97.0 cm³/mol. The number of nitrogens with one attached hydrogen (secondary N) is 1. The van der Waals surface area contributed by atoms with Crippen LogP contribution in [0.4, 0.5) is 0 Å². The fourth-order valence-corrected chi connectivity index (χ4v) is 2.58. The number of amides is 2. The van der Waals surface area contributed by atoms with E-state index in [-0.39, 0.29) is 29.7 Å². The Labute approximate surface area is 148 Å². The molecule has 6 heteroatoms. The molecule has 1 aromatic heterocycles. The summed E-state index contributed by atoms with van der Waals surface area (Å²) >= 11 is 0. The Bertz CT molecular complexity index is 787. The monoisotopic (exact) mass is 346 g/mol. The highest BCUT2D eigenvalue weighted by molar-refractivity contribution is 6.00. The minimum Gasteiger partial charge on any atom is -0.494 e. The van der Waals surface area contributed by atoms with Crippen molar-refractivity contribution in [3.63, 3.8) is 0 Å². The quantitative estimate of drug-likeness (QED) is 0.903. The Kier molecular flexibility index (Phi) is 5.40. The lowest BCUT2D eigenvalue weighted by Gasteiger charge is -2.23. The van der Waals surface area contributed by atoms with Crippen LogP contribution in [0.3, 0.4) is 0 Å². The zero-order valence-electron chi connectivity index (χ0n) is 15.7. The van der Waals surface area contributed by atoms with Crippen LogP contribution in [0.25, 0.3) is 11.0 Å². The number of aryl methyl sites for hydroxylation is 1. The van der Waals surface area contributed by atoms with Crippen LogP contribution in [0.1, 0.15) is 43.8 Å². The molecule has 136 valence electrons. The summed E-state index contributed by atoms with van der Waals surface area (Å²) in [5.41, 5.74) is 1.02. The van der Waals surface area contributed by atoms with Crippen LogP contribution in [0.5, 0.6) is 5.75 Å². The molecule has 1 N–H and O–H groups in total. The topological polar surface area (TPSA) is 71.8 Å². The molecule has 1 aromatic carbocycles. The molecular weight excluding hydrogens is 320 g/mol. The highest BCUT2D eigenvalue weighted by Gasteiger charge is 2.24. The maximum absolute atomic E-state index is 12.7. The number of ether oxygens (including phenoxy) is 1. The maximum Gasteiger partial charge on any atom is 0.290 e. The van der Waals surface area contributed by atoms with Gasteiger partial charge < -0.3 is 19.4 Å². The number of hydrogen-bond donors (Lipinski definition) is 1. The number of carbonyl (C=O) groups is 2. The molecule has 2 aromatic rings. The molecule has 2 amide bonds. The number of furan rings is 1. The van der Waals surface area contributed by atoms with Crippen LogP contribution in [0.2, 0.25) is 0 Å². The second-order valence-electron chi connectivity index (χ2n) is 7.11. The summed E-state index contributed by atoms with van der Waals surface area (Å²) < 4.78 is 11.2. The Balaban J connectivity index is 2.21. The van der Waals surface area contributed by atoms with E-state index in [9.17, 15) is 9.59 Å². The first-order chi connectivity index (χ1) is 11.6. The van der Waals surface area contributed by atoms with Crippen molar-refractivity contribution < 1.29 is 18.7 Å². The van der Waals surface area contributed by atoms with E-state index in [1.807, 2.05) is 46.8 Å². The summed E-state index contributed by atoms with van der Waals surface area (Å²) in [4.78, 5) is 26.1. The van der Waals surface area contributed by atoms with Gasteiger partial charge in [0.1, 0.15) is 11.3 Å². The van der Waals surface area contributed by atoms with Crippen molar-refractivity contribution in [3.05, 3.63) is 29.5 Å². The zero-order valence-corrected chi connectivity index (χ0v) is 15.7. The van der Waals surface area contributed by atoms with Gasteiger partial charge in [0.15, 0.2) is 5.76 Å². The molecular formula is C19H26N2O4. The summed E-state index contributed by atoms with van der Waals surface area (Å²) in [7, 11) is 1.59. The molecule has 0 radical (unpaired) electrons. The molecule has 0 saturated heterocycles. The van der Waals surface area contributed by atoms with Crippen molar-refractivity contribution in [2.24, 2.45) is 0 Å². The first-order valence-electron chi connectivity index (χ1n) is 8.35. The molecule has 0 fully saturated rings. The number of rotatable bonds is 5. The number of fused-ring (bicyclic) bond motifs is 1. The van der Waals surface area contributed by atoms with Crippen LogP contribution in [0, 0.1) is 6.92 Å². The number of hydrogen-bond acceptors (Lipinski definition) is 4. The van der Waals surface area contributed by atoms with Crippen LogP contribution < -0.4 is 10.1 Å². The molecule has 0 aliphatic heterocycles. The summed E-state index contributed by atoms with van der Waals surface area (Å²) in [6.07, 6.45) is 0. The van der Waals surface area contributed by atoms with Crippen molar-refractivity contribution in [2.45, 2.75) is 40.2 Å². The molecule has 0 bridgehead atoms. The van der Waals surface area contributed by atoms with E-state index >= 15 is 0 Å². The van der Waals surface area contributed by atoms with Crippen LogP contribution in [-0.2, 0) is 4.79 Å². The summed E-state index contributed by atoms with van der Waals surface area (Å²) in [6.45, 7) is 9.97. The molecule has 2 rings (SSSR count). The molecule has 0 aliphatic carbocycles. The first kappa shape index (κ1) is 18.8. The molecule has 0 saturated carbocycles. The Morgan fingerprint density at radius 3 is 2.56 bits per heavy atom. The molecule has 1 heterocycles. The highest BCUT2D eigenvalue weighted by Crippen LogP contribution is 2.29. The van der Waals surface area contributed by atoms with Gasteiger partial charge in [-0.1, -0.05) is 0 Å². The largest absolute Gasteiger partial charge is 0.494 e. The van der Waals surface area contributed by atoms with Crippen molar-refractivity contribution in [3.8, 4) is 5.75 Å². The minimum absolute atomic E-state index is 0.0310. The minimum atomic E-state index is -0.341. The fourth-order valence-electron chi connectivity index (χ4n) is 2.58. The lowest BCUT2D eigenvalue weighted by atomic mass is 10.1. The number of carbonyl (C=O) groups excluding carboxylic acids is 2. The fraction of sp³-hybridized carbons (Fsp3) is 0.474. The van der Waals surface area contributed by atoms with E-state index in [0.29, 0.717) is 12.2 Å². The van der Waals surface area contributed by atoms with E-state index in [1.165, 1.54) is 4.90 Å². The van der Waals surface area contributed by atoms with Crippen molar-refractivity contribution in [2.75, 3.05) is 20.2 Å². The molecule has 0 atom stereocenters. The van der Waals surface area contributed by atoms with E-state index in [2.05, 4.69) is 5.32 Å². The van der Waals surface area contributed by atoms with Gasteiger partial charge in [0.25, 0.3) is 5.91 Å². The van der Waals surface area contributed by atoms with E-state index < -0.39 is 0 Å². The highest BCUT2D eigenvalue weighted by atomic mass is 16.5. The third-order valence-corrected chi connectivity index (χ3v) is 3.65. The van der Waals surface area contributed by atoms with Crippen LogP contribution in [0.15, 0.2) is 22.6 Å². The number of nitrogens with zero attached hydrogens (tertiary/aromatic N) is 1. The third-order valence-electron chi connectivity index (χ3n) is 3.65. The average Bonchev–Trinajstić information content (AvgIpc) is 2.82. The van der Waals surface area contributed by atoms with Gasteiger partial charge in [0.2, 0.25) is 5.91 Å². The van der Waals surface area contributed by atoms with Gasteiger partial charge >= 0.3 is 0 Å². The smallest absolute Gasteiger partial charge is 0.290 e. The maximum atomic E-state index is 12.7. The van der Waals surface area contributed by atoms with Crippen LogP contribution in [-0.4, -0.2) is 42.5 Å². The van der Waals surface area contributed by atoms with E-state index in [1.54, 1.807) is 13.1 Å². The molecule has 0 spiro atoms. The second-order valence-corrected chi connectivity index (χ2v) is 7.11. The van der Waals surface area contributed by atoms with Crippen molar-refractivity contribution in [1.82, 2.24) is 10.2 Å². The lowest BCUT2D eigenvalue weighted by Crippen LogP contribution is -2.46. The number of benzene rings is 1. The van der Waals surface area contributed by atoms with Gasteiger partial charge in [-0.3, -0.25) is 9.59 Å². The first-order valence-corrected chi connectivity index (χ1v) is 8.35. The predicted octanol–water partition coefficient (Wildman–Crippen LogP) is 3.13. The standard InChI is InChI=1S/C19H26N2O4/c1-7-24-13-8-9-15-14(10-13)12(2)17(25-15)18(23)21(6)11-16(22)20-19(3,4)5/h8-10H,7,11H2,1-6H3,(H,20,22). The molecule has 25 heavy (non-hydrogen) atoms. The SMILES string of the molecule is CCOc1ccc2oc(C(=O)N(C)CC(=O)NC(C)(C)C)c(C)c2c1. The second kappa shape index (κ2) is 7.17. The molecule has 0 aliphatic rings. The van der Waals surface area contributed by atoms with Gasteiger partial charge in [0, 0.05) is 23.5 Å². The summed E-state index contributed by atoms with van der Waals surface area (Å²) in [6, 6.07) is 5.46. The van der Waals surface area contributed by atoms with Gasteiger partial charge in [-0.15, -0.1) is 0 Å². The van der Waals surface area contributed by atoms with Crippen molar-refractivity contribution in [1.29, 1.82) is 0 Å². The molecule has 0 unspecified atom stereocenters. The van der Waals surface area contributed by atoms with Crippen LogP contribution >= 0.6 is 0 Å². The van der Waals surface area contributed by atoms with Gasteiger partial charge in [0.05, 0.1) is 13.2 Å². The molecule has 6 nitrogen and oxygen atoms in total. The summed E-state index contributed by atoms with van der Waals surface area (Å²) in [5.74, 6) is 0.442. The van der Waals surface area contributed by atoms with Gasteiger partial charge in [-0.05, 0) is 52.8 Å². The van der Waals surface area contributed by atoms with Crippen molar-refractivity contribution >= 4 is 22.8 Å². The Morgan fingerprint density at radius 2 is 1.96 bits per heavy atom. The number of likely N-dealkylation sites (N-methyl/N-ethyl adjacent to an activating group) is 1. The lowest BCUT2D eigenvalue weighted by molar-refractivity contribution is -0.122. The summed E-state index contributed by atoms with van der Waals surface area (Å²) in [5, 5.41) is 3.67. The third kappa shape index (κ3) is 4.53. The Morgan fingerprint density at radius 1 is 1.28 bits per heavy atom. The van der Waals surface area contributed by atoms with E-state index in [0.717, 1.165) is 16.7 Å².